The number of pyridine rings is 1. The lowest BCUT2D eigenvalue weighted by atomic mass is 10.5. The van der Waals surface area contributed by atoms with Crippen LogP contribution in [0, 0.1) is 3.57 Å². The molecule has 0 radical (unpaired) electrons. The molecule has 0 spiro atoms. The number of nitrogens with zero attached hydrogens (tertiary/aromatic N) is 1. The summed E-state index contributed by atoms with van der Waals surface area (Å²) in [5, 5.41) is 0. The van der Waals surface area contributed by atoms with Gasteiger partial charge in [-0.3, -0.25) is 0 Å². The summed E-state index contributed by atoms with van der Waals surface area (Å²) in [6.45, 7) is 2.62. The molecule has 0 amide bonds. The normalized spacial score (nSPS) is 9.40. The summed E-state index contributed by atoms with van der Waals surface area (Å²) in [7, 11) is 0. The molecule has 0 aromatic carbocycles. The van der Waals surface area contributed by atoms with Crippen LogP contribution in [0.4, 0.5) is 0 Å². The second-order valence-corrected chi connectivity index (χ2v) is 2.99. The van der Waals surface area contributed by atoms with Crippen LogP contribution in [0.25, 0.3) is 0 Å². The first-order chi connectivity index (χ1) is 4.83. The van der Waals surface area contributed by atoms with E-state index in [4.69, 9.17) is 4.74 Å². The molecule has 0 aliphatic carbocycles. The number of hydrogen-bond donors (Lipinski definition) is 0. The van der Waals surface area contributed by atoms with Crippen LogP contribution in [0.2, 0.25) is 0 Å². The van der Waals surface area contributed by atoms with Crippen LogP contribution < -0.4 is 4.74 Å². The molecule has 0 fully saturated rings. The van der Waals surface area contributed by atoms with E-state index in [9.17, 15) is 0 Å². The van der Waals surface area contributed by atoms with Crippen LogP contribution in [0.3, 0.4) is 0 Å². The molecule has 2 nitrogen and oxygen atoms in total. The summed E-state index contributed by atoms with van der Waals surface area (Å²) in [4.78, 5) is 4.00. The summed E-state index contributed by atoms with van der Waals surface area (Å²) in [5.41, 5.74) is 0. The molecule has 1 aromatic rings. The topological polar surface area (TPSA) is 22.1 Å². The van der Waals surface area contributed by atoms with Gasteiger partial charge in [0.25, 0.3) is 0 Å². The van der Waals surface area contributed by atoms with Gasteiger partial charge in [-0.2, -0.15) is 0 Å². The second kappa shape index (κ2) is 3.75. The minimum Gasteiger partial charge on any atom is -0.478 e. The fourth-order valence-electron chi connectivity index (χ4n) is 0.612. The first-order valence-corrected chi connectivity index (χ1v) is 4.15. The highest BCUT2D eigenvalue weighted by Crippen LogP contribution is 2.10. The Morgan fingerprint density at radius 1 is 1.70 bits per heavy atom. The third-order valence-electron chi connectivity index (χ3n) is 0.989. The SMILES string of the molecule is CCOc1cc(I)ccn1. The van der Waals surface area contributed by atoms with E-state index >= 15 is 0 Å². The third kappa shape index (κ3) is 2.13. The maximum atomic E-state index is 5.17. The van der Waals surface area contributed by atoms with Crippen molar-refractivity contribution in [3.63, 3.8) is 0 Å². The lowest BCUT2D eigenvalue weighted by Gasteiger charge is -1.99. The molecule has 1 rings (SSSR count). The van der Waals surface area contributed by atoms with Crippen LogP contribution in [0.15, 0.2) is 18.3 Å². The predicted octanol–water partition coefficient (Wildman–Crippen LogP) is 2.08. The van der Waals surface area contributed by atoms with Gasteiger partial charge in [0.05, 0.1) is 6.61 Å². The molecule has 1 aromatic heterocycles. The summed E-state index contributed by atoms with van der Waals surface area (Å²) in [6, 6.07) is 3.84. The van der Waals surface area contributed by atoms with Gasteiger partial charge in [-0.1, -0.05) is 0 Å². The largest absolute Gasteiger partial charge is 0.478 e. The summed E-state index contributed by atoms with van der Waals surface area (Å²) in [6.07, 6.45) is 1.74. The minimum atomic E-state index is 0.674. The zero-order chi connectivity index (χ0) is 7.40. The van der Waals surface area contributed by atoms with Crippen LogP contribution in [-0.4, -0.2) is 11.6 Å². The van der Waals surface area contributed by atoms with Crippen LogP contribution in [0.5, 0.6) is 5.88 Å². The maximum Gasteiger partial charge on any atom is 0.214 e. The van der Waals surface area contributed by atoms with Crippen molar-refractivity contribution < 1.29 is 4.74 Å². The highest BCUT2D eigenvalue weighted by Gasteiger charge is 1.91. The highest BCUT2D eigenvalue weighted by atomic mass is 127. The van der Waals surface area contributed by atoms with Gasteiger partial charge in [0, 0.05) is 15.8 Å². The predicted molar refractivity (Wildman–Crippen MR) is 48.1 cm³/mol. The molecule has 0 saturated carbocycles. The molecule has 0 aliphatic rings. The van der Waals surface area contributed by atoms with Crippen molar-refractivity contribution in [1.82, 2.24) is 4.98 Å². The van der Waals surface area contributed by atoms with E-state index in [1.807, 2.05) is 19.1 Å². The third-order valence-corrected chi connectivity index (χ3v) is 1.66. The fourth-order valence-corrected chi connectivity index (χ4v) is 1.04. The summed E-state index contributed by atoms with van der Waals surface area (Å²) >= 11 is 2.23. The fraction of sp³-hybridized carbons (Fsp3) is 0.286. The van der Waals surface area contributed by atoms with Crippen molar-refractivity contribution in [2.45, 2.75) is 6.92 Å². The standard InChI is InChI=1S/C7H8INO/c1-2-10-7-5-6(8)3-4-9-7/h3-5H,2H2,1H3. The van der Waals surface area contributed by atoms with Crippen molar-refractivity contribution in [3.05, 3.63) is 21.9 Å². The van der Waals surface area contributed by atoms with Gasteiger partial charge >= 0.3 is 0 Å². The Balaban J connectivity index is 2.75. The van der Waals surface area contributed by atoms with Gasteiger partial charge < -0.3 is 4.74 Å². The molecule has 54 valence electrons. The average molecular weight is 249 g/mol. The molecule has 0 aliphatic heterocycles. The van der Waals surface area contributed by atoms with E-state index in [0.29, 0.717) is 12.5 Å². The van der Waals surface area contributed by atoms with Gasteiger partial charge in [-0.15, -0.1) is 0 Å². The van der Waals surface area contributed by atoms with Gasteiger partial charge in [-0.25, -0.2) is 4.98 Å². The van der Waals surface area contributed by atoms with E-state index in [-0.39, 0.29) is 0 Å². The minimum absolute atomic E-state index is 0.674. The molecule has 10 heavy (non-hydrogen) atoms. The van der Waals surface area contributed by atoms with Crippen LogP contribution in [-0.2, 0) is 0 Å². The highest BCUT2D eigenvalue weighted by molar-refractivity contribution is 14.1. The number of hydrogen-bond acceptors (Lipinski definition) is 2. The summed E-state index contributed by atoms with van der Waals surface area (Å²) in [5.74, 6) is 0.703. The maximum absolute atomic E-state index is 5.17. The molecule has 3 heteroatoms. The average Bonchev–Trinajstić information content (AvgIpc) is 1.88. The Hall–Kier alpha value is -0.320. The van der Waals surface area contributed by atoms with E-state index in [2.05, 4.69) is 27.6 Å². The summed E-state index contributed by atoms with van der Waals surface area (Å²) < 4.78 is 6.32. The number of ether oxygens (including phenoxy) is 1. The Morgan fingerprint density at radius 3 is 3.10 bits per heavy atom. The number of aromatic nitrogens is 1. The Kier molecular flexibility index (Phi) is 2.92. The van der Waals surface area contributed by atoms with Crippen molar-refractivity contribution in [1.29, 1.82) is 0 Å². The van der Waals surface area contributed by atoms with Crippen molar-refractivity contribution >= 4 is 22.6 Å². The monoisotopic (exact) mass is 249 g/mol. The number of rotatable bonds is 2. The Morgan fingerprint density at radius 2 is 2.50 bits per heavy atom. The van der Waals surface area contributed by atoms with E-state index in [0.717, 1.165) is 3.57 Å². The van der Waals surface area contributed by atoms with Crippen molar-refractivity contribution in [2.75, 3.05) is 6.61 Å². The zero-order valence-corrected chi connectivity index (χ0v) is 7.83. The Bertz CT molecular complexity index is 215. The van der Waals surface area contributed by atoms with Crippen LogP contribution in [0.1, 0.15) is 6.92 Å². The molecule has 0 unspecified atom stereocenters. The second-order valence-electron chi connectivity index (χ2n) is 1.75. The lowest BCUT2D eigenvalue weighted by Crippen LogP contribution is -1.93. The van der Waals surface area contributed by atoms with Crippen molar-refractivity contribution in [2.24, 2.45) is 0 Å². The zero-order valence-electron chi connectivity index (χ0n) is 5.67. The quantitative estimate of drug-likeness (QED) is 0.748. The van der Waals surface area contributed by atoms with Gasteiger partial charge in [0.2, 0.25) is 5.88 Å². The van der Waals surface area contributed by atoms with E-state index < -0.39 is 0 Å². The van der Waals surface area contributed by atoms with Crippen LogP contribution >= 0.6 is 22.6 Å². The van der Waals surface area contributed by atoms with E-state index in [1.54, 1.807) is 6.20 Å². The van der Waals surface area contributed by atoms with E-state index in [1.165, 1.54) is 0 Å². The molecule has 0 saturated heterocycles. The molecular formula is C7H8INO. The van der Waals surface area contributed by atoms with Gasteiger partial charge in [0.15, 0.2) is 0 Å². The first kappa shape index (κ1) is 7.78. The Labute approximate surface area is 73.8 Å². The molecule has 0 bridgehead atoms. The molecule has 1 heterocycles. The van der Waals surface area contributed by atoms with Gasteiger partial charge in [0.1, 0.15) is 0 Å². The lowest BCUT2D eigenvalue weighted by molar-refractivity contribution is 0.326. The molecule has 0 atom stereocenters. The van der Waals surface area contributed by atoms with Gasteiger partial charge in [-0.05, 0) is 35.6 Å². The number of halogens is 1. The first-order valence-electron chi connectivity index (χ1n) is 3.07. The molecule has 0 N–H and O–H groups in total. The smallest absolute Gasteiger partial charge is 0.214 e. The molecular weight excluding hydrogens is 241 g/mol. The van der Waals surface area contributed by atoms with Crippen molar-refractivity contribution in [3.8, 4) is 5.88 Å².